The summed E-state index contributed by atoms with van der Waals surface area (Å²) in [4.78, 5) is 2.20. The highest BCUT2D eigenvalue weighted by molar-refractivity contribution is 5.13. The summed E-state index contributed by atoms with van der Waals surface area (Å²) in [5, 5.41) is 3.38. The molecule has 0 aromatic rings. The van der Waals surface area contributed by atoms with Crippen LogP contribution in [0.25, 0.3) is 0 Å². The summed E-state index contributed by atoms with van der Waals surface area (Å²) in [7, 11) is 0. The van der Waals surface area contributed by atoms with Crippen LogP contribution in [0.15, 0.2) is 11.6 Å². The van der Waals surface area contributed by atoms with Crippen molar-refractivity contribution in [1.82, 2.24) is 10.2 Å². The lowest BCUT2D eigenvalue weighted by atomic mass is 9.74. The maximum atomic E-state index is 12.6. The van der Waals surface area contributed by atoms with Crippen LogP contribution < -0.4 is 5.32 Å². The molecule has 0 saturated carbocycles. The van der Waals surface area contributed by atoms with Crippen LogP contribution in [-0.2, 0) is 0 Å². The molecule has 0 spiro atoms. The molecule has 0 atom stereocenters. The van der Waals surface area contributed by atoms with Gasteiger partial charge < -0.3 is 5.32 Å². The first-order valence-corrected chi connectivity index (χ1v) is 7.64. The molecule has 116 valence electrons. The van der Waals surface area contributed by atoms with Gasteiger partial charge >= 0.3 is 6.18 Å². The van der Waals surface area contributed by atoms with Crippen LogP contribution in [0.4, 0.5) is 13.2 Å². The lowest BCUT2D eigenvalue weighted by molar-refractivity contribution is -0.0963. The molecule has 2 nitrogen and oxygen atoms in total. The molecular weight excluding hydrogens is 265 g/mol. The first kappa shape index (κ1) is 15.8. The molecule has 2 aliphatic rings. The van der Waals surface area contributed by atoms with Gasteiger partial charge in [-0.3, -0.25) is 4.90 Å². The summed E-state index contributed by atoms with van der Waals surface area (Å²) in [5.41, 5.74) is -0.0348. The quantitative estimate of drug-likeness (QED) is 0.799. The number of alkyl halides is 3. The van der Waals surface area contributed by atoms with Crippen molar-refractivity contribution in [1.29, 1.82) is 0 Å². The second-order valence-electron chi connectivity index (χ2n) is 6.21. The molecule has 1 N–H and O–H groups in total. The molecule has 2 rings (SSSR count). The lowest BCUT2D eigenvalue weighted by Crippen LogP contribution is -2.46. The van der Waals surface area contributed by atoms with Gasteiger partial charge in [0, 0.05) is 25.2 Å². The Morgan fingerprint density at radius 1 is 1.30 bits per heavy atom. The normalized spacial score (nSPS) is 24.5. The van der Waals surface area contributed by atoms with E-state index in [-0.39, 0.29) is 12.0 Å². The van der Waals surface area contributed by atoms with E-state index in [2.05, 4.69) is 17.1 Å². The fourth-order valence-corrected chi connectivity index (χ4v) is 3.56. The largest absolute Gasteiger partial charge is 0.412 e. The maximum Gasteiger partial charge on any atom is 0.412 e. The summed E-state index contributed by atoms with van der Waals surface area (Å²) in [6.45, 7) is 6.22. The molecule has 20 heavy (non-hydrogen) atoms. The molecule has 0 aromatic heterocycles. The Balaban J connectivity index is 1.94. The minimum atomic E-state index is -4.14. The highest BCUT2D eigenvalue weighted by atomic mass is 19.4. The molecule has 0 bridgehead atoms. The van der Waals surface area contributed by atoms with Crippen LogP contribution in [0, 0.1) is 5.41 Å². The third-order valence-electron chi connectivity index (χ3n) is 4.66. The van der Waals surface area contributed by atoms with Gasteiger partial charge in [0.1, 0.15) is 0 Å². The number of halogens is 3. The van der Waals surface area contributed by atoms with Gasteiger partial charge in [0.05, 0.1) is 0 Å². The molecule has 0 aliphatic carbocycles. The van der Waals surface area contributed by atoms with Gasteiger partial charge in [-0.25, -0.2) is 0 Å². The summed E-state index contributed by atoms with van der Waals surface area (Å²) in [5.74, 6) is 0. The molecule has 0 amide bonds. The Morgan fingerprint density at radius 2 is 2.00 bits per heavy atom. The van der Waals surface area contributed by atoms with E-state index in [4.69, 9.17) is 0 Å². The average molecular weight is 290 g/mol. The molecule has 1 saturated heterocycles. The number of nitrogens with one attached hydrogen (secondary N) is 1. The van der Waals surface area contributed by atoms with E-state index in [0.29, 0.717) is 18.5 Å². The van der Waals surface area contributed by atoms with Gasteiger partial charge in [0.25, 0.3) is 0 Å². The van der Waals surface area contributed by atoms with Crippen LogP contribution in [0.1, 0.15) is 39.0 Å². The van der Waals surface area contributed by atoms with Gasteiger partial charge in [-0.05, 0) is 44.2 Å². The van der Waals surface area contributed by atoms with Crippen molar-refractivity contribution >= 4 is 0 Å². The SMILES string of the molecule is CCCC1(CN2CC=C(C(F)(F)F)CC2)CCNCC1. The van der Waals surface area contributed by atoms with Crippen LogP contribution in [-0.4, -0.2) is 43.8 Å². The van der Waals surface area contributed by atoms with Gasteiger partial charge in [0.2, 0.25) is 0 Å². The summed E-state index contributed by atoms with van der Waals surface area (Å²) < 4.78 is 37.9. The average Bonchev–Trinajstić information content (AvgIpc) is 2.39. The number of piperidine rings is 1. The van der Waals surface area contributed by atoms with E-state index in [9.17, 15) is 13.2 Å². The van der Waals surface area contributed by atoms with Gasteiger partial charge in [-0.2, -0.15) is 13.2 Å². The first-order chi connectivity index (χ1) is 9.45. The van der Waals surface area contributed by atoms with Crippen molar-refractivity contribution in [2.45, 2.75) is 45.2 Å². The van der Waals surface area contributed by atoms with Crippen LogP contribution in [0.2, 0.25) is 0 Å². The van der Waals surface area contributed by atoms with Crippen LogP contribution in [0.3, 0.4) is 0 Å². The molecule has 0 unspecified atom stereocenters. The fraction of sp³-hybridized carbons (Fsp3) is 0.867. The van der Waals surface area contributed by atoms with Crippen molar-refractivity contribution in [2.75, 3.05) is 32.7 Å². The molecular formula is C15H25F3N2. The van der Waals surface area contributed by atoms with Crippen molar-refractivity contribution in [3.63, 3.8) is 0 Å². The van der Waals surface area contributed by atoms with E-state index in [0.717, 1.165) is 38.9 Å². The zero-order chi connectivity index (χ0) is 14.6. The highest BCUT2D eigenvalue weighted by Gasteiger charge is 2.37. The van der Waals surface area contributed by atoms with E-state index in [1.165, 1.54) is 12.5 Å². The van der Waals surface area contributed by atoms with E-state index < -0.39 is 6.18 Å². The van der Waals surface area contributed by atoms with Gasteiger partial charge in [-0.1, -0.05) is 19.4 Å². The molecule has 1 fully saturated rings. The minimum absolute atomic E-state index is 0.143. The second-order valence-corrected chi connectivity index (χ2v) is 6.21. The number of rotatable bonds is 4. The van der Waals surface area contributed by atoms with Crippen LogP contribution >= 0.6 is 0 Å². The monoisotopic (exact) mass is 290 g/mol. The fourth-order valence-electron chi connectivity index (χ4n) is 3.56. The van der Waals surface area contributed by atoms with Crippen LogP contribution in [0.5, 0.6) is 0 Å². The van der Waals surface area contributed by atoms with Crippen molar-refractivity contribution < 1.29 is 13.2 Å². The molecule has 5 heteroatoms. The smallest absolute Gasteiger partial charge is 0.317 e. The summed E-state index contributed by atoms with van der Waals surface area (Å²) in [6, 6.07) is 0. The predicted octanol–water partition coefficient (Wildman–Crippen LogP) is 3.35. The second kappa shape index (κ2) is 6.48. The zero-order valence-corrected chi connectivity index (χ0v) is 12.2. The van der Waals surface area contributed by atoms with Gasteiger partial charge in [-0.15, -0.1) is 0 Å². The summed E-state index contributed by atoms with van der Waals surface area (Å²) in [6.07, 6.45) is 2.01. The summed E-state index contributed by atoms with van der Waals surface area (Å²) >= 11 is 0. The number of nitrogens with zero attached hydrogens (tertiary/aromatic N) is 1. The standard InChI is InChI=1S/C15H25F3N2/c1-2-5-14(6-8-19-9-7-14)12-20-10-3-13(4-11-20)15(16,17)18/h3,19H,2,4-12H2,1H3. The van der Waals surface area contributed by atoms with E-state index >= 15 is 0 Å². The predicted molar refractivity (Wildman–Crippen MR) is 74.6 cm³/mol. The molecule has 0 aromatic carbocycles. The Bertz CT molecular complexity index is 338. The Labute approximate surface area is 119 Å². The van der Waals surface area contributed by atoms with E-state index in [1.54, 1.807) is 0 Å². The molecule has 2 aliphatic heterocycles. The Morgan fingerprint density at radius 3 is 2.50 bits per heavy atom. The third kappa shape index (κ3) is 3.98. The van der Waals surface area contributed by atoms with E-state index in [1.807, 2.05) is 0 Å². The first-order valence-electron chi connectivity index (χ1n) is 7.64. The third-order valence-corrected chi connectivity index (χ3v) is 4.66. The Hall–Kier alpha value is -0.550. The lowest BCUT2D eigenvalue weighted by Gasteiger charge is -2.42. The minimum Gasteiger partial charge on any atom is -0.317 e. The van der Waals surface area contributed by atoms with Crippen molar-refractivity contribution in [3.8, 4) is 0 Å². The topological polar surface area (TPSA) is 15.3 Å². The number of hydrogen-bond acceptors (Lipinski definition) is 2. The van der Waals surface area contributed by atoms with Crippen molar-refractivity contribution in [2.24, 2.45) is 5.41 Å². The number of hydrogen-bond donors (Lipinski definition) is 1. The maximum absolute atomic E-state index is 12.6. The zero-order valence-electron chi connectivity index (χ0n) is 12.2. The molecule has 0 radical (unpaired) electrons. The highest BCUT2D eigenvalue weighted by Crippen LogP contribution is 2.36. The van der Waals surface area contributed by atoms with Gasteiger partial charge in [0.15, 0.2) is 0 Å². The van der Waals surface area contributed by atoms with Crippen molar-refractivity contribution in [3.05, 3.63) is 11.6 Å². The Kier molecular flexibility index (Phi) is 5.13. The molecule has 2 heterocycles.